The number of carbonyl (C=O) groups is 1. The first-order valence-electron chi connectivity index (χ1n) is 5.32. The van der Waals surface area contributed by atoms with Crippen molar-refractivity contribution in [3.63, 3.8) is 0 Å². The molecule has 2 nitrogen and oxygen atoms in total. The highest BCUT2D eigenvalue weighted by molar-refractivity contribution is 9.10. The van der Waals surface area contributed by atoms with Gasteiger partial charge in [0.2, 0.25) is 5.91 Å². The molecule has 1 fully saturated rings. The first kappa shape index (κ1) is 12.0. The summed E-state index contributed by atoms with van der Waals surface area (Å²) in [6, 6.07) is 0.392. The minimum Gasteiger partial charge on any atom is -0.339 e. The molecule has 0 bridgehead atoms. The molecule has 0 N–H and O–H groups in total. The molecule has 1 saturated heterocycles. The van der Waals surface area contributed by atoms with Gasteiger partial charge in [-0.05, 0) is 39.5 Å². The molecule has 1 rings (SSSR count). The van der Waals surface area contributed by atoms with Gasteiger partial charge in [-0.1, -0.05) is 22.9 Å². The van der Waals surface area contributed by atoms with E-state index in [9.17, 15) is 4.79 Å². The summed E-state index contributed by atoms with van der Waals surface area (Å²) in [6.45, 7) is 9.15. The van der Waals surface area contributed by atoms with Gasteiger partial charge >= 0.3 is 0 Å². The minimum absolute atomic E-state index is 0.219. The van der Waals surface area contributed by atoms with Crippen molar-refractivity contribution in [3.05, 3.63) is 0 Å². The van der Waals surface area contributed by atoms with Gasteiger partial charge in [0, 0.05) is 12.6 Å². The smallest absolute Gasteiger partial charge is 0.239 e. The molecule has 1 amide bonds. The van der Waals surface area contributed by atoms with Crippen LogP contribution in [0.4, 0.5) is 0 Å². The van der Waals surface area contributed by atoms with E-state index in [1.807, 2.05) is 18.7 Å². The molecular formula is C11H20BrNO. The monoisotopic (exact) mass is 261 g/mol. The average Bonchev–Trinajstić information content (AvgIpc) is 2.01. The molecule has 82 valence electrons. The van der Waals surface area contributed by atoms with Crippen LogP contribution in [0.15, 0.2) is 0 Å². The van der Waals surface area contributed by atoms with Crippen LogP contribution in [0.2, 0.25) is 0 Å². The van der Waals surface area contributed by atoms with E-state index in [4.69, 9.17) is 0 Å². The Hall–Kier alpha value is -0.0500. The predicted molar refractivity (Wildman–Crippen MR) is 62.6 cm³/mol. The highest BCUT2D eigenvalue weighted by Gasteiger charge is 2.34. The summed E-state index contributed by atoms with van der Waals surface area (Å²) in [5.41, 5.74) is 0. The van der Waals surface area contributed by atoms with E-state index in [0.29, 0.717) is 6.04 Å². The molecule has 3 heteroatoms. The van der Waals surface area contributed by atoms with Gasteiger partial charge in [0.15, 0.2) is 0 Å². The lowest BCUT2D eigenvalue weighted by Gasteiger charge is -2.39. The molecule has 0 radical (unpaired) electrons. The quantitative estimate of drug-likeness (QED) is 0.665. The van der Waals surface area contributed by atoms with Crippen molar-refractivity contribution in [3.8, 4) is 0 Å². The summed E-state index contributed by atoms with van der Waals surface area (Å²) in [6.07, 6.45) is 2.27. The predicted octanol–water partition coefficient (Wildman–Crippen LogP) is 2.81. The number of rotatable bonds is 1. The topological polar surface area (TPSA) is 20.3 Å². The second-order valence-electron chi connectivity index (χ2n) is 4.95. The van der Waals surface area contributed by atoms with Gasteiger partial charge in [-0.2, -0.15) is 0 Å². The van der Waals surface area contributed by atoms with Gasteiger partial charge in [-0.25, -0.2) is 0 Å². The number of hydrogen-bond acceptors (Lipinski definition) is 1. The maximum Gasteiger partial charge on any atom is 0.239 e. The second kappa shape index (κ2) is 4.21. The van der Waals surface area contributed by atoms with Crippen LogP contribution in [0.25, 0.3) is 0 Å². The minimum atomic E-state index is -0.415. The Kier molecular flexibility index (Phi) is 3.62. The van der Waals surface area contributed by atoms with Gasteiger partial charge < -0.3 is 4.90 Å². The summed E-state index contributed by atoms with van der Waals surface area (Å²) < 4.78 is -0.415. The van der Waals surface area contributed by atoms with Crippen LogP contribution in [-0.2, 0) is 4.79 Å². The van der Waals surface area contributed by atoms with Crippen LogP contribution < -0.4 is 0 Å². The summed E-state index contributed by atoms with van der Waals surface area (Å²) in [7, 11) is 0. The number of piperidine rings is 1. The largest absolute Gasteiger partial charge is 0.339 e. The summed E-state index contributed by atoms with van der Waals surface area (Å²) in [4.78, 5) is 14.0. The Morgan fingerprint density at radius 1 is 1.43 bits per heavy atom. The summed E-state index contributed by atoms with van der Waals surface area (Å²) >= 11 is 3.43. The Morgan fingerprint density at radius 3 is 2.43 bits per heavy atom. The molecule has 0 aliphatic carbocycles. The number of alkyl halides is 1. The third kappa shape index (κ3) is 2.72. The molecule has 2 atom stereocenters. The standard InChI is InChI=1S/C11H20BrNO/c1-8-5-6-13(9(2)7-8)10(14)11(3,4)12/h8-9H,5-7H2,1-4H3. The number of hydrogen-bond donors (Lipinski definition) is 0. The van der Waals surface area contributed by atoms with Crippen LogP contribution in [0, 0.1) is 5.92 Å². The van der Waals surface area contributed by atoms with Crippen LogP contribution in [0.1, 0.15) is 40.5 Å². The van der Waals surface area contributed by atoms with E-state index < -0.39 is 4.32 Å². The molecule has 1 aliphatic rings. The second-order valence-corrected chi connectivity index (χ2v) is 6.93. The normalized spacial score (nSPS) is 29.1. The lowest BCUT2D eigenvalue weighted by atomic mass is 9.92. The molecule has 0 spiro atoms. The van der Waals surface area contributed by atoms with Crippen molar-refractivity contribution >= 4 is 21.8 Å². The fourth-order valence-electron chi connectivity index (χ4n) is 2.05. The molecule has 1 heterocycles. The number of nitrogens with zero attached hydrogens (tertiary/aromatic N) is 1. The lowest BCUT2D eigenvalue weighted by Crippen LogP contribution is -2.49. The Labute approximate surface area is 95.2 Å². The molecular weight excluding hydrogens is 242 g/mol. The zero-order chi connectivity index (χ0) is 10.9. The fourth-order valence-corrected chi connectivity index (χ4v) is 2.28. The van der Waals surface area contributed by atoms with E-state index in [1.165, 1.54) is 0 Å². The highest BCUT2D eigenvalue weighted by Crippen LogP contribution is 2.27. The van der Waals surface area contributed by atoms with E-state index in [-0.39, 0.29) is 5.91 Å². The lowest BCUT2D eigenvalue weighted by molar-refractivity contribution is -0.136. The van der Waals surface area contributed by atoms with Gasteiger partial charge in [0.25, 0.3) is 0 Å². The number of carbonyl (C=O) groups excluding carboxylic acids is 1. The third-order valence-corrected chi connectivity index (χ3v) is 3.25. The number of halogens is 1. The zero-order valence-electron chi connectivity index (χ0n) is 9.51. The highest BCUT2D eigenvalue weighted by atomic mass is 79.9. The zero-order valence-corrected chi connectivity index (χ0v) is 11.1. The van der Waals surface area contributed by atoms with Crippen molar-refractivity contribution in [2.75, 3.05) is 6.54 Å². The van der Waals surface area contributed by atoms with Crippen molar-refractivity contribution < 1.29 is 4.79 Å². The fraction of sp³-hybridized carbons (Fsp3) is 0.909. The Morgan fingerprint density at radius 2 is 2.00 bits per heavy atom. The van der Waals surface area contributed by atoms with Crippen LogP contribution in [0.3, 0.4) is 0 Å². The maximum absolute atomic E-state index is 12.0. The molecule has 0 aromatic carbocycles. The Bertz CT molecular complexity index is 222. The third-order valence-electron chi connectivity index (χ3n) is 2.91. The van der Waals surface area contributed by atoms with E-state index in [2.05, 4.69) is 29.8 Å². The van der Waals surface area contributed by atoms with Gasteiger partial charge in [-0.15, -0.1) is 0 Å². The van der Waals surface area contributed by atoms with Crippen LogP contribution in [-0.4, -0.2) is 27.7 Å². The van der Waals surface area contributed by atoms with Gasteiger partial charge in [-0.3, -0.25) is 4.79 Å². The molecule has 1 aliphatic heterocycles. The van der Waals surface area contributed by atoms with Crippen molar-refractivity contribution in [2.45, 2.75) is 50.9 Å². The molecule has 0 aromatic rings. The van der Waals surface area contributed by atoms with E-state index in [1.54, 1.807) is 0 Å². The van der Waals surface area contributed by atoms with Gasteiger partial charge in [0.1, 0.15) is 0 Å². The number of likely N-dealkylation sites (tertiary alicyclic amines) is 1. The average molecular weight is 262 g/mol. The van der Waals surface area contributed by atoms with E-state index >= 15 is 0 Å². The number of amides is 1. The van der Waals surface area contributed by atoms with Crippen molar-refractivity contribution in [2.24, 2.45) is 5.92 Å². The maximum atomic E-state index is 12.0. The van der Waals surface area contributed by atoms with Crippen LogP contribution >= 0.6 is 15.9 Å². The molecule has 0 aromatic heterocycles. The van der Waals surface area contributed by atoms with E-state index in [0.717, 1.165) is 25.3 Å². The SMILES string of the molecule is CC1CCN(C(=O)C(C)(C)Br)C(C)C1. The van der Waals surface area contributed by atoms with Crippen molar-refractivity contribution in [1.29, 1.82) is 0 Å². The summed E-state index contributed by atoms with van der Waals surface area (Å²) in [5, 5.41) is 0. The first-order chi connectivity index (χ1) is 6.32. The van der Waals surface area contributed by atoms with Gasteiger partial charge in [0.05, 0.1) is 4.32 Å². The first-order valence-corrected chi connectivity index (χ1v) is 6.11. The summed E-state index contributed by atoms with van der Waals surface area (Å²) in [5.74, 6) is 0.976. The Balaban J connectivity index is 2.65. The molecule has 0 saturated carbocycles. The van der Waals surface area contributed by atoms with Crippen LogP contribution in [0.5, 0.6) is 0 Å². The van der Waals surface area contributed by atoms with Crippen molar-refractivity contribution in [1.82, 2.24) is 4.90 Å². The molecule has 2 unspecified atom stereocenters. The molecule has 14 heavy (non-hydrogen) atoms.